The second-order valence-electron chi connectivity index (χ2n) is 8.17. The van der Waals surface area contributed by atoms with Crippen LogP contribution < -0.4 is 0 Å². The molecule has 0 fully saturated rings. The lowest BCUT2D eigenvalue weighted by atomic mass is 9.74. The van der Waals surface area contributed by atoms with E-state index in [-0.39, 0.29) is 22.5 Å². The third-order valence-electron chi connectivity index (χ3n) is 4.25. The van der Waals surface area contributed by atoms with Crippen molar-refractivity contribution < 1.29 is 8.78 Å². The van der Waals surface area contributed by atoms with Crippen molar-refractivity contribution in [3.05, 3.63) is 80.3 Å². The van der Waals surface area contributed by atoms with E-state index in [0.29, 0.717) is 8.95 Å². The second kappa shape index (κ2) is 8.83. The van der Waals surface area contributed by atoms with E-state index in [4.69, 9.17) is 0 Å². The molecule has 27 heavy (non-hydrogen) atoms. The first-order chi connectivity index (χ1) is 12.5. The van der Waals surface area contributed by atoms with Crippen molar-refractivity contribution in [2.45, 2.75) is 34.1 Å². The largest absolute Gasteiger partial charge is 0.206 e. The number of hydrogen-bond acceptors (Lipinski definition) is 0. The number of hydrogen-bond donors (Lipinski definition) is 0. The van der Waals surface area contributed by atoms with Crippen LogP contribution in [-0.4, -0.2) is 0 Å². The highest BCUT2D eigenvalue weighted by atomic mass is 79.9. The Balaban J connectivity index is 2.09. The highest BCUT2D eigenvalue weighted by Crippen LogP contribution is 2.37. The topological polar surface area (TPSA) is 0 Å². The first-order valence-corrected chi connectivity index (χ1v) is 10.3. The lowest BCUT2D eigenvalue weighted by Crippen LogP contribution is -2.19. The minimum atomic E-state index is -0.264. The maximum Gasteiger partial charge on any atom is 0.137 e. The highest BCUT2D eigenvalue weighted by Gasteiger charge is 2.24. The van der Waals surface area contributed by atoms with Crippen molar-refractivity contribution >= 4 is 44.0 Å². The molecule has 2 aromatic rings. The van der Waals surface area contributed by atoms with Gasteiger partial charge in [0.15, 0.2) is 0 Å². The summed E-state index contributed by atoms with van der Waals surface area (Å²) in [6.07, 6.45) is 9.04. The molecule has 2 aromatic carbocycles. The van der Waals surface area contributed by atoms with Crippen LogP contribution >= 0.6 is 31.9 Å². The van der Waals surface area contributed by atoms with Gasteiger partial charge in [-0.1, -0.05) is 64.1 Å². The molecule has 0 aliphatic carbocycles. The molecule has 0 spiro atoms. The highest BCUT2D eigenvalue weighted by molar-refractivity contribution is 9.10. The van der Waals surface area contributed by atoms with Crippen molar-refractivity contribution in [1.82, 2.24) is 0 Å². The minimum absolute atomic E-state index is 0.0810. The molecule has 144 valence electrons. The maximum absolute atomic E-state index is 13.7. The van der Waals surface area contributed by atoms with E-state index < -0.39 is 0 Å². The number of allylic oxidation sites excluding steroid dienone is 2. The fourth-order valence-corrected chi connectivity index (χ4v) is 3.66. The SMILES string of the molecule is CC(C)(/C=C/c1ccc(Br)c(F)c1)CC(C)(C)/C=C/c1ccc(Br)c(F)c1. The quantitative estimate of drug-likeness (QED) is 0.374. The van der Waals surface area contributed by atoms with Gasteiger partial charge >= 0.3 is 0 Å². The molecule has 0 radical (unpaired) electrons. The van der Waals surface area contributed by atoms with Crippen LogP contribution in [-0.2, 0) is 0 Å². The van der Waals surface area contributed by atoms with Gasteiger partial charge in [-0.2, -0.15) is 0 Å². The van der Waals surface area contributed by atoms with Crippen LogP contribution in [0.3, 0.4) is 0 Å². The van der Waals surface area contributed by atoms with Crippen molar-refractivity contribution in [2.75, 3.05) is 0 Å². The molecule has 0 N–H and O–H groups in total. The van der Waals surface area contributed by atoms with E-state index in [1.165, 1.54) is 12.1 Å². The smallest absolute Gasteiger partial charge is 0.137 e. The number of halogens is 4. The minimum Gasteiger partial charge on any atom is -0.206 e. The first kappa shape index (κ1) is 22.0. The van der Waals surface area contributed by atoms with Crippen molar-refractivity contribution in [1.29, 1.82) is 0 Å². The van der Waals surface area contributed by atoms with Gasteiger partial charge in [0.05, 0.1) is 8.95 Å². The molecule has 0 atom stereocenters. The average molecular weight is 498 g/mol. The lowest BCUT2D eigenvalue weighted by Gasteiger charge is -2.31. The molecule has 0 saturated heterocycles. The third-order valence-corrected chi connectivity index (χ3v) is 5.54. The molecule has 0 unspecified atom stereocenters. The molecule has 0 aliphatic heterocycles. The van der Waals surface area contributed by atoms with Crippen LogP contribution in [0.5, 0.6) is 0 Å². The van der Waals surface area contributed by atoms with Gasteiger partial charge in [0.2, 0.25) is 0 Å². The monoisotopic (exact) mass is 496 g/mol. The van der Waals surface area contributed by atoms with Crippen LogP contribution in [0, 0.1) is 22.5 Å². The summed E-state index contributed by atoms with van der Waals surface area (Å²) in [4.78, 5) is 0. The Bertz CT molecular complexity index is 793. The van der Waals surface area contributed by atoms with Crippen LogP contribution in [0.2, 0.25) is 0 Å². The Labute approximate surface area is 177 Å². The normalized spacial score (nSPS) is 13.0. The molecule has 0 amide bonds. The number of benzene rings is 2. The van der Waals surface area contributed by atoms with Gasteiger partial charge in [-0.15, -0.1) is 0 Å². The Morgan fingerprint density at radius 1 is 0.741 bits per heavy atom. The standard InChI is InChI=1S/C23H24Br2F2/c1-22(2,11-9-16-5-7-18(24)20(26)13-16)15-23(3,4)12-10-17-6-8-19(25)21(27)14-17/h5-14H,15H2,1-4H3/b11-9+,12-10+. The predicted molar refractivity (Wildman–Crippen MR) is 118 cm³/mol. The average Bonchev–Trinajstić information content (AvgIpc) is 2.56. The van der Waals surface area contributed by atoms with E-state index in [2.05, 4.69) is 71.7 Å². The van der Waals surface area contributed by atoms with Crippen molar-refractivity contribution in [3.63, 3.8) is 0 Å². The van der Waals surface area contributed by atoms with Gasteiger partial charge in [-0.3, -0.25) is 0 Å². The zero-order chi connectivity index (χ0) is 20.2. The molecular weight excluding hydrogens is 474 g/mol. The molecule has 0 heterocycles. The van der Waals surface area contributed by atoms with Crippen molar-refractivity contribution in [3.8, 4) is 0 Å². The zero-order valence-electron chi connectivity index (χ0n) is 16.0. The number of rotatable bonds is 6. The molecule has 2 rings (SSSR count). The fraction of sp³-hybridized carbons (Fsp3) is 0.304. The lowest BCUT2D eigenvalue weighted by molar-refractivity contribution is 0.298. The van der Waals surface area contributed by atoms with E-state index in [9.17, 15) is 8.78 Å². The van der Waals surface area contributed by atoms with Gasteiger partial charge in [0.1, 0.15) is 11.6 Å². The molecule has 0 bridgehead atoms. The fourth-order valence-electron chi connectivity index (χ4n) is 3.17. The zero-order valence-corrected chi connectivity index (χ0v) is 19.2. The molecule has 0 aromatic heterocycles. The van der Waals surface area contributed by atoms with E-state index in [1.54, 1.807) is 12.1 Å². The second-order valence-corrected chi connectivity index (χ2v) is 9.88. The van der Waals surface area contributed by atoms with Gasteiger partial charge in [-0.25, -0.2) is 8.78 Å². The van der Waals surface area contributed by atoms with Gasteiger partial charge < -0.3 is 0 Å². The molecule has 0 aliphatic rings. The van der Waals surface area contributed by atoms with Gasteiger partial charge in [-0.05, 0) is 84.5 Å². The summed E-state index contributed by atoms with van der Waals surface area (Å²) in [5.74, 6) is -0.528. The summed E-state index contributed by atoms with van der Waals surface area (Å²) in [5.41, 5.74) is 1.51. The summed E-state index contributed by atoms with van der Waals surface area (Å²) >= 11 is 6.34. The van der Waals surface area contributed by atoms with Gasteiger partial charge in [0.25, 0.3) is 0 Å². The maximum atomic E-state index is 13.7. The van der Waals surface area contributed by atoms with E-state index >= 15 is 0 Å². The summed E-state index contributed by atoms with van der Waals surface area (Å²) in [5, 5.41) is 0. The summed E-state index contributed by atoms with van der Waals surface area (Å²) in [7, 11) is 0. The predicted octanol–water partition coefficient (Wildman–Crippen LogP) is 8.66. The first-order valence-electron chi connectivity index (χ1n) is 8.76. The van der Waals surface area contributed by atoms with Crippen LogP contribution in [0.15, 0.2) is 57.5 Å². The van der Waals surface area contributed by atoms with Crippen LogP contribution in [0.4, 0.5) is 8.78 Å². The summed E-state index contributed by atoms with van der Waals surface area (Å²) < 4.78 is 28.3. The Morgan fingerprint density at radius 3 is 1.44 bits per heavy atom. The molecular formula is C23H24Br2F2. The molecule has 0 nitrogen and oxygen atoms in total. The summed E-state index contributed by atoms with van der Waals surface area (Å²) in [6.45, 7) is 8.64. The summed E-state index contributed by atoms with van der Waals surface area (Å²) in [6, 6.07) is 10.2. The Kier molecular flexibility index (Phi) is 7.20. The van der Waals surface area contributed by atoms with Gasteiger partial charge in [0, 0.05) is 0 Å². The Hall–Kier alpha value is -1.26. The molecule has 4 heteroatoms. The van der Waals surface area contributed by atoms with Crippen LogP contribution in [0.25, 0.3) is 12.2 Å². The Morgan fingerprint density at radius 2 is 1.11 bits per heavy atom. The third kappa shape index (κ3) is 7.00. The van der Waals surface area contributed by atoms with E-state index in [1.807, 2.05) is 24.3 Å². The van der Waals surface area contributed by atoms with Crippen molar-refractivity contribution in [2.24, 2.45) is 10.8 Å². The van der Waals surface area contributed by atoms with E-state index in [0.717, 1.165) is 17.5 Å². The van der Waals surface area contributed by atoms with Crippen LogP contribution in [0.1, 0.15) is 45.2 Å². The molecule has 0 saturated carbocycles.